The molecule has 134 valence electrons. The summed E-state index contributed by atoms with van der Waals surface area (Å²) in [6, 6.07) is 13.0. The van der Waals surface area contributed by atoms with Crippen molar-refractivity contribution in [1.82, 2.24) is 0 Å². The zero-order valence-electron chi connectivity index (χ0n) is 15.2. The highest BCUT2D eigenvalue weighted by atomic mass is 16.5. The minimum Gasteiger partial charge on any atom is -0.497 e. The maximum atomic E-state index is 13.2. The van der Waals surface area contributed by atoms with E-state index in [1.54, 1.807) is 24.1 Å². The average Bonchev–Trinajstić information content (AvgIpc) is 2.95. The predicted octanol–water partition coefficient (Wildman–Crippen LogP) is 3.43. The molecule has 0 fully saturated rings. The fourth-order valence-corrected chi connectivity index (χ4v) is 3.30. The van der Waals surface area contributed by atoms with Crippen LogP contribution in [0.25, 0.3) is 0 Å². The van der Waals surface area contributed by atoms with Gasteiger partial charge >= 0.3 is 0 Å². The summed E-state index contributed by atoms with van der Waals surface area (Å²) in [6.45, 7) is 7.62. The van der Waals surface area contributed by atoms with Gasteiger partial charge in [-0.25, -0.2) is 0 Å². The van der Waals surface area contributed by atoms with Crippen molar-refractivity contribution < 1.29 is 14.3 Å². The lowest BCUT2D eigenvalue weighted by Gasteiger charge is -2.24. The number of carbonyl (C=O) groups is 2. The van der Waals surface area contributed by atoms with E-state index in [1.165, 1.54) is 6.08 Å². The van der Waals surface area contributed by atoms with Crippen molar-refractivity contribution in [2.75, 3.05) is 23.9 Å². The zero-order valence-corrected chi connectivity index (χ0v) is 15.2. The van der Waals surface area contributed by atoms with E-state index in [9.17, 15) is 9.59 Å². The zero-order chi connectivity index (χ0) is 18.9. The van der Waals surface area contributed by atoms with Crippen LogP contribution < -0.4 is 15.0 Å². The number of hydrogen-bond acceptors (Lipinski definition) is 3. The molecule has 2 aromatic rings. The van der Waals surface area contributed by atoms with Crippen LogP contribution in [0.5, 0.6) is 5.75 Å². The largest absolute Gasteiger partial charge is 0.497 e. The second kappa shape index (κ2) is 6.67. The first kappa shape index (κ1) is 17.7. The van der Waals surface area contributed by atoms with Crippen molar-refractivity contribution in [2.24, 2.45) is 0 Å². The first-order valence-corrected chi connectivity index (χ1v) is 8.39. The van der Waals surface area contributed by atoms with Crippen LogP contribution in [0.15, 0.2) is 55.1 Å². The number of nitrogens with one attached hydrogen (secondary N) is 1. The molecule has 0 spiro atoms. The molecule has 5 heteroatoms. The Hall–Kier alpha value is -3.08. The highest BCUT2D eigenvalue weighted by Crippen LogP contribution is 2.43. The van der Waals surface area contributed by atoms with Crippen LogP contribution in [-0.2, 0) is 15.0 Å². The van der Waals surface area contributed by atoms with Crippen LogP contribution in [0, 0.1) is 6.92 Å². The molecule has 3 rings (SSSR count). The Labute approximate surface area is 153 Å². The van der Waals surface area contributed by atoms with Gasteiger partial charge in [-0.3, -0.25) is 9.59 Å². The van der Waals surface area contributed by atoms with E-state index in [1.807, 2.05) is 44.2 Å². The van der Waals surface area contributed by atoms with Crippen molar-refractivity contribution >= 4 is 23.2 Å². The van der Waals surface area contributed by atoms with Gasteiger partial charge in [0.25, 0.3) is 0 Å². The van der Waals surface area contributed by atoms with Crippen molar-refractivity contribution in [3.63, 3.8) is 0 Å². The Morgan fingerprint density at radius 2 is 2.04 bits per heavy atom. The summed E-state index contributed by atoms with van der Waals surface area (Å²) < 4.78 is 5.31. The van der Waals surface area contributed by atoms with E-state index >= 15 is 0 Å². The van der Waals surface area contributed by atoms with E-state index in [4.69, 9.17) is 4.74 Å². The third-order valence-corrected chi connectivity index (χ3v) is 4.78. The molecule has 1 heterocycles. The van der Waals surface area contributed by atoms with Gasteiger partial charge in [-0.05, 0) is 61.4 Å². The highest BCUT2D eigenvalue weighted by molar-refractivity contribution is 6.09. The van der Waals surface area contributed by atoms with Crippen molar-refractivity contribution in [3.05, 3.63) is 66.2 Å². The smallest absolute Gasteiger partial charge is 0.250 e. The third-order valence-electron chi connectivity index (χ3n) is 4.78. The Kier molecular flexibility index (Phi) is 4.55. The van der Waals surface area contributed by atoms with Crippen LogP contribution in [0.1, 0.15) is 18.1 Å². The molecule has 1 aliphatic rings. The maximum Gasteiger partial charge on any atom is 0.250 e. The van der Waals surface area contributed by atoms with Crippen molar-refractivity contribution in [1.29, 1.82) is 0 Å². The van der Waals surface area contributed by atoms with Crippen molar-refractivity contribution in [2.45, 2.75) is 19.3 Å². The first-order chi connectivity index (χ1) is 12.4. The number of amides is 2. The van der Waals surface area contributed by atoms with Gasteiger partial charge in [-0.2, -0.15) is 0 Å². The van der Waals surface area contributed by atoms with Crippen LogP contribution in [-0.4, -0.2) is 25.5 Å². The molecule has 0 aromatic heterocycles. The summed E-state index contributed by atoms with van der Waals surface area (Å²) in [6.07, 6.45) is 1.26. The van der Waals surface area contributed by atoms with Crippen LogP contribution >= 0.6 is 0 Å². The van der Waals surface area contributed by atoms with Gasteiger partial charge in [-0.1, -0.05) is 18.7 Å². The molecular weight excluding hydrogens is 328 g/mol. The number of fused-ring (bicyclic) bond motifs is 1. The van der Waals surface area contributed by atoms with Crippen LogP contribution in [0.4, 0.5) is 11.4 Å². The topological polar surface area (TPSA) is 58.6 Å². The molecule has 1 N–H and O–H groups in total. The van der Waals surface area contributed by atoms with E-state index < -0.39 is 5.41 Å². The van der Waals surface area contributed by atoms with Gasteiger partial charge in [0.1, 0.15) is 5.75 Å². The Morgan fingerprint density at radius 1 is 1.27 bits per heavy atom. The molecule has 5 nitrogen and oxygen atoms in total. The second-order valence-corrected chi connectivity index (χ2v) is 6.67. The SMILES string of the molecule is C=CC(=O)N1CC(C)(C(=O)Nc2cccc(C)c2)c2cc(OC)ccc21. The number of hydrogen-bond donors (Lipinski definition) is 1. The molecule has 0 aliphatic carbocycles. The summed E-state index contributed by atoms with van der Waals surface area (Å²) in [5.74, 6) is 0.242. The summed E-state index contributed by atoms with van der Waals surface area (Å²) in [4.78, 5) is 27.0. The fourth-order valence-electron chi connectivity index (χ4n) is 3.30. The van der Waals surface area contributed by atoms with E-state index in [2.05, 4.69) is 11.9 Å². The second-order valence-electron chi connectivity index (χ2n) is 6.67. The molecule has 2 aromatic carbocycles. The van der Waals surface area contributed by atoms with Gasteiger partial charge in [0, 0.05) is 17.9 Å². The predicted molar refractivity (Wildman–Crippen MR) is 103 cm³/mol. The standard InChI is InChI=1S/C21H22N2O3/c1-5-19(24)23-13-21(3,17-12-16(26-4)9-10-18(17)23)20(25)22-15-8-6-7-14(2)11-15/h5-12H,1,13H2,2-4H3,(H,22,25). The molecule has 1 unspecified atom stereocenters. The fraction of sp³-hybridized carbons (Fsp3) is 0.238. The molecule has 2 amide bonds. The Balaban J connectivity index is 2.01. The number of benzene rings is 2. The summed E-state index contributed by atoms with van der Waals surface area (Å²) in [7, 11) is 1.58. The van der Waals surface area contributed by atoms with Crippen LogP contribution in [0.2, 0.25) is 0 Å². The molecule has 0 radical (unpaired) electrons. The Bertz CT molecular complexity index is 891. The van der Waals surface area contributed by atoms with E-state index in [0.29, 0.717) is 11.4 Å². The minimum absolute atomic E-state index is 0.169. The monoisotopic (exact) mass is 350 g/mol. The number of rotatable bonds is 4. The van der Waals surface area contributed by atoms with Crippen LogP contribution in [0.3, 0.4) is 0 Å². The summed E-state index contributed by atoms with van der Waals surface area (Å²) in [5, 5.41) is 2.98. The third kappa shape index (κ3) is 2.96. The van der Waals surface area contributed by atoms with Gasteiger partial charge < -0.3 is 15.0 Å². The molecular formula is C21H22N2O3. The molecule has 0 bridgehead atoms. The normalized spacial score (nSPS) is 18.2. The highest BCUT2D eigenvalue weighted by Gasteiger charge is 2.46. The first-order valence-electron chi connectivity index (χ1n) is 8.39. The molecule has 1 aliphatic heterocycles. The maximum absolute atomic E-state index is 13.2. The Morgan fingerprint density at radius 3 is 2.69 bits per heavy atom. The van der Waals surface area contributed by atoms with E-state index in [-0.39, 0.29) is 18.4 Å². The summed E-state index contributed by atoms with van der Waals surface area (Å²) >= 11 is 0. The van der Waals surface area contributed by atoms with Gasteiger partial charge in [-0.15, -0.1) is 0 Å². The van der Waals surface area contributed by atoms with E-state index in [0.717, 1.165) is 16.8 Å². The number of nitrogens with zero attached hydrogens (tertiary/aromatic N) is 1. The lowest BCUT2D eigenvalue weighted by atomic mass is 9.83. The quantitative estimate of drug-likeness (QED) is 0.860. The van der Waals surface area contributed by atoms with Crippen molar-refractivity contribution in [3.8, 4) is 5.75 Å². The number of aryl methyl sites for hydroxylation is 1. The lowest BCUT2D eigenvalue weighted by Crippen LogP contribution is -2.43. The number of methoxy groups -OCH3 is 1. The molecule has 0 saturated heterocycles. The summed E-state index contributed by atoms with van der Waals surface area (Å²) in [5.41, 5.74) is 2.36. The average molecular weight is 350 g/mol. The molecule has 0 saturated carbocycles. The molecule has 26 heavy (non-hydrogen) atoms. The molecule has 1 atom stereocenters. The van der Waals surface area contributed by atoms with Gasteiger partial charge in [0.05, 0.1) is 12.5 Å². The number of carbonyl (C=O) groups excluding carboxylic acids is 2. The number of anilines is 2. The minimum atomic E-state index is -0.897. The lowest BCUT2D eigenvalue weighted by molar-refractivity contribution is -0.120. The van der Waals surface area contributed by atoms with Gasteiger partial charge in [0.2, 0.25) is 11.8 Å². The van der Waals surface area contributed by atoms with Gasteiger partial charge in [0.15, 0.2) is 0 Å². The number of ether oxygens (including phenoxy) is 1.